The summed E-state index contributed by atoms with van der Waals surface area (Å²) in [6.45, 7) is 9.60. The molecule has 0 aromatic rings. The van der Waals surface area contributed by atoms with Gasteiger partial charge in [0.05, 0.1) is 23.7 Å². The molecule has 5 unspecified atom stereocenters. The molecule has 2 heterocycles. The number of aliphatic carboxylic acids is 1. The summed E-state index contributed by atoms with van der Waals surface area (Å²) in [5, 5.41) is 19.6. The Labute approximate surface area is 113 Å². The zero-order valence-electron chi connectivity index (χ0n) is 12.2. The van der Waals surface area contributed by atoms with E-state index in [9.17, 15) is 15.0 Å². The number of aliphatic hydroxyl groups excluding tert-OH is 1. The molecule has 0 spiro atoms. The SMILES string of the molecule is CC(C)(C)C(O)C1CC(C(=O)O)C(C2OC2(C)C)O1. The van der Waals surface area contributed by atoms with E-state index in [1.165, 1.54) is 0 Å². The van der Waals surface area contributed by atoms with Gasteiger partial charge in [0.1, 0.15) is 12.2 Å². The van der Waals surface area contributed by atoms with Crippen molar-refractivity contribution in [3.8, 4) is 0 Å². The van der Waals surface area contributed by atoms with Crippen LogP contribution in [0.1, 0.15) is 41.0 Å². The van der Waals surface area contributed by atoms with Crippen molar-refractivity contribution < 1.29 is 24.5 Å². The molecule has 2 rings (SSSR count). The lowest BCUT2D eigenvalue weighted by Crippen LogP contribution is -2.38. The molecule has 110 valence electrons. The summed E-state index contributed by atoms with van der Waals surface area (Å²) < 4.78 is 11.3. The van der Waals surface area contributed by atoms with Gasteiger partial charge in [-0.05, 0) is 25.7 Å². The van der Waals surface area contributed by atoms with E-state index in [-0.39, 0.29) is 17.1 Å². The number of epoxide rings is 1. The molecule has 0 aromatic carbocycles. The molecule has 0 amide bonds. The minimum Gasteiger partial charge on any atom is -0.481 e. The third-order valence-electron chi connectivity index (χ3n) is 4.13. The largest absolute Gasteiger partial charge is 0.481 e. The quantitative estimate of drug-likeness (QED) is 0.760. The third-order valence-corrected chi connectivity index (χ3v) is 4.13. The second-order valence-electron chi connectivity index (χ2n) is 7.27. The van der Waals surface area contributed by atoms with E-state index in [1.54, 1.807) is 0 Å². The topological polar surface area (TPSA) is 79.3 Å². The number of carboxylic acid groups (broad SMARTS) is 1. The number of rotatable bonds is 3. The Morgan fingerprint density at radius 2 is 1.89 bits per heavy atom. The van der Waals surface area contributed by atoms with Gasteiger partial charge in [-0.15, -0.1) is 0 Å². The second kappa shape index (κ2) is 4.43. The molecular weight excluding hydrogens is 248 g/mol. The van der Waals surface area contributed by atoms with Crippen molar-refractivity contribution in [1.82, 2.24) is 0 Å². The molecule has 2 aliphatic heterocycles. The molecule has 19 heavy (non-hydrogen) atoms. The van der Waals surface area contributed by atoms with Crippen molar-refractivity contribution in [3.05, 3.63) is 0 Å². The molecule has 0 radical (unpaired) electrons. The summed E-state index contributed by atoms with van der Waals surface area (Å²) >= 11 is 0. The van der Waals surface area contributed by atoms with Crippen LogP contribution in [0.3, 0.4) is 0 Å². The molecule has 0 aromatic heterocycles. The van der Waals surface area contributed by atoms with Crippen molar-refractivity contribution in [1.29, 1.82) is 0 Å². The van der Waals surface area contributed by atoms with Gasteiger partial charge in [-0.3, -0.25) is 4.79 Å². The number of hydrogen-bond donors (Lipinski definition) is 2. The molecule has 2 aliphatic rings. The maximum atomic E-state index is 11.4. The molecule has 5 nitrogen and oxygen atoms in total. The first-order valence-corrected chi connectivity index (χ1v) is 6.78. The maximum absolute atomic E-state index is 11.4. The van der Waals surface area contributed by atoms with Crippen LogP contribution < -0.4 is 0 Å². The average Bonchev–Trinajstić information content (AvgIpc) is 2.73. The molecule has 0 saturated carbocycles. The van der Waals surface area contributed by atoms with Gasteiger partial charge in [0.25, 0.3) is 0 Å². The highest BCUT2D eigenvalue weighted by Crippen LogP contribution is 2.46. The van der Waals surface area contributed by atoms with E-state index in [0.29, 0.717) is 6.42 Å². The summed E-state index contributed by atoms with van der Waals surface area (Å²) in [6.07, 6.45) is -1.43. The fraction of sp³-hybridized carbons (Fsp3) is 0.929. The lowest BCUT2D eigenvalue weighted by Gasteiger charge is -2.30. The van der Waals surface area contributed by atoms with Crippen molar-refractivity contribution >= 4 is 5.97 Å². The Balaban J connectivity index is 2.11. The van der Waals surface area contributed by atoms with Gasteiger partial charge in [-0.1, -0.05) is 20.8 Å². The number of hydrogen-bond acceptors (Lipinski definition) is 4. The van der Waals surface area contributed by atoms with Crippen LogP contribution in [0.4, 0.5) is 0 Å². The Bertz CT molecular complexity index is 371. The van der Waals surface area contributed by atoms with Gasteiger partial charge >= 0.3 is 5.97 Å². The molecule has 0 bridgehead atoms. The van der Waals surface area contributed by atoms with Crippen LogP contribution >= 0.6 is 0 Å². The summed E-state index contributed by atoms with van der Waals surface area (Å²) in [5.41, 5.74) is -0.650. The van der Waals surface area contributed by atoms with Crippen LogP contribution in [0.25, 0.3) is 0 Å². The molecule has 2 fully saturated rings. The van der Waals surface area contributed by atoms with E-state index in [4.69, 9.17) is 9.47 Å². The van der Waals surface area contributed by atoms with Crippen molar-refractivity contribution in [3.63, 3.8) is 0 Å². The van der Waals surface area contributed by atoms with Gasteiger partial charge in [0, 0.05) is 0 Å². The van der Waals surface area contributed by atoms with Gasteiger partial charge in [0.15, 0.2) is 0 Å². The molecular formula is C14H24O5. The van der Waals surface area contributed by atoms with Gasteiger partial charge in [-0.2, -0.15) is 0 Å². The van der Waals surface area contributed by atoms with Crippen molar-refractivity contribution in [2.24, 2.45) is 11.3 Å². The third kappa shape index (κ3) is 2.78. The van der Waals surface area contributed by atoms with Crippen LogP contribution in [-0.2, 0) is 14.3 Å². The van der Waals surface area contributed by atoms with Crippen LogP contribution in [0.2, 0.25) is 0 Å². The zero-order chi connectivity index (χ0) is 14.6. The van der Waals surface area contributed by atoms with Gasteiger partial charge in [-0.25, -0.2) is 0 Å². The molecule has 5 atom stereocenters. The average molecular weight is 272 g/mol. The van der Waals surface area contributed by atoms with E-state index in [1.807, 2.05) is 34.6 Å². The maximum Gasteiger partial charge on any atom is 0.309 e. The Morgan fingerprint density at radius 1 is 1.37 bits per heavy atom. The van der Waals surface area contributed by atoms with Crippen LogP contribution in [0.5, 0.6) is 0 Å². The lowest BCUT2D eigenvalue weighted by molar-refractivity contribution is -0.144. The highest BCUT2D eigenvalue weighted by molar-refractivity contribution is 5.71. The zero-order valence-corrected chi connectivity index (χ0v) is 12.2. The van der Waals surface area contributed by atoms with Crippen molar-refractivity contribution in [2.45, 2.75) is 71.1 Å². The first kappa shape index (κ1) is 14.8. The van der Waals surface area contributed by atoms with Crippen LogP contribution in [0, 0.1) is 11.3 Å². The molecule has 2 saturated heterocycles. The number of ether oxygens (including phenoxy) is 2. The smallest absolute Gasteiger partial charge is 0.309 e. The van der Waals surface area contributed by atoms with E-state index >= 15 is 0 Å². The van der Waals surface area contributed by atoms with E-state index in [2.05, 4.69) is 0 Å². The number of aliphatic hydroxyl groups is 1. The minimum atomic E-state index is -0.875. The monoisotopic (exact) mass is 272 g/mol. The lowest BCUT2D eigenvalue weighted by atomic mass is 9.83. The first-order chi connectivity index (χ1) is 8.54. The predicted molar refractivity (Wildman–Crippen MR) is 68.8 cm³/mol. The van der Waals surface area contributed by atoms with Crippen LogP contribution in [-0.4, -0.2) is 46.2 Å². The Hall–Kier alpha value is -0.650. The minimum absolute atomic E-state index is 0.189. The molecule has 0 aliphatic carbocycles. The first-order valence-electron chi connectivity index (χ1n) is 6.78. The van der Waals surface area contributed by atoms with E-state index in [0.717, 1.165) is 0 Å². The fourth-order valence-corrected chi connectivity index (χ4v) is 2.78. The normalized spacial score (nSPS) is 39.1. The fourth-order valence-electron chi connectivity index (χ4n) is 2.78. The van der Waals surface area contributed by atoms with Crippen LogP contribution in [0.15, 0.2) is 0 Å². The number of carboxylic acids is 1. The summed E-state index contributed by atoms with van der Waals surface area (Å²) in [7, 11) is 0. The number of carbonyl (C=O) groups is 1. The summed E-state index contributed by atoms with van der Waals surface area (Å²) in [6, 6.07) is 0. The Morgan fingerprint density at radius 3 is 2.26 bits per heavy atom. The highest BCUT2D eigenvalue weighted by Gasteiger charge is 2.60. The summed E-state index contributed by atoms with van der Waals surface area (Å²) in [5.74, 6) is -1.48. The Kier molecular flexibility index (Phi) is 3.44. The summed E-state index contributed by atoms with van der Waals surface area (Å²) in [4.78, 5) is 11.4. The molecule has 2 N–H and O–H groups in total. The standard InChI is InChI=1S/C14H24O5/c1-13(2,3)10(15)8-6-7(12(16)17)9(18-8)11-14(4,5)19-11/h7-11,15H,6H2,1-5H3,(H,16,17). The van der Waals surface area contributed by atoms with Gasteiger partial charge in [0.2, 0.25) is 0 Å². The predicted octanol–water partition coefficient (Wildman–Crippen LogP) is 1.43. The second-order valence-corrected chi connectivity index (χ2v) is 7.27. The van der Waals surface area contributed by atoms with Crippen molar-refractivity contribution in [2.75, 3.05) is 0 Å². The van der Waals surface area contributed by atoms with Gasteiger partial charge < -0.3 is 19.7 Å². The van der Waals surface area contributed by atoms with E-state index < -0.39 is 30.2 Å². The highest BCUT2D eigenvalue weighted by atomic mass is 16.6. The molecule has 5 heteroatoms.